The Kier molecular flexibility index (Phi) is 5.43. The number of aliphatic hydroxyl groups is 1. The average molecular weight is 375 g/mol. The highest BCUT2D eigenvalue weighted by molar-refractivity contribution is 5.87. The molecule has 0 aromatic carbocycles. The minimum atomic E-state index is -0.883. The molecule has 144 valence electrons. The molecule has 0 spiro atoms. The van der Waals surface area contributed by atoms with E-state index >= 15 is 0 Å². The maximum absolute atomic E-state index is 11.9. The second kappa shape index (κ2) is 7.77. The van der Waals surface area contributed by atoms with Crippen molar-refractivity contribution in [2.45, 2.75) is 45.2 Å². The van der Waals surface area contributed by atoms with Gasteiger partial charge in [-0.3, -0.25) is 19.1 Å². The maximum atomic E-state index is 11.9. The van der Waals surface area contributed by atoms with Crippen molar-refractivity contribution in [1.82, 2.24) is 14.9 Å². The van der Waals surface area contributed by atoms with Crippen LogP contribution in [0.4, 0.5) is 0 Å². The number of aliphatic hydroxyl groups excluding tert-OH is 1. The van der Waals surface area contributed by atoms with Crippen LogP contribution in [0.15, 0.2) is 44.5 Å². The number of nitrogens with one attached hydrogen (secondary N) is 2. The standard InChI is InChI=1S/C18H21N3O6/c1-10-9-21(18(25)20-17(10)24)16-7-13(22)14(27-16)5-6-15(23)19-8-12-4-3-11(2)26-12/h3-6,9,13-14,16,22H,7-8H2,1-2H3,(H,19,23)(H,20,24,25)/b6-5+/t13-,14+,16+/m0/s1. The normalized spacial score (nSPS) is 22.4. The highest BCUT2D eigenvalue weighted by atomic mass is 16.5. The third-order valence-electron chi connectivity index (χ3n) is 4.26. The summed E-state index contributed by atoms with van der Waals surface area (Å²) in [6.45, 7) is 3.64. The van der Waals surface area contributed by atoms with Crippen molar-refractivity contribution in [3.8, 4) is 0 Å². The van der Waals surface area contributed by atoms with Gasteiger partial charge in [-0.25, -0.2) is 4.79 Å². The predicted molar refractivity (Wildman–Crippen MR) is 95.0 cm³/mol. The average Bonchev–Trinajstić information content (AvgIpc) is 3.20. The lowest BCUT2D eigenvalue weighted by Crippen LogP contribution is -2.33. The number of hydrogen-bond donors (Lipinski definition) is 3. The molecule has 2 aromatic heterocycles. The van der Waals surface area contributed by atoms with Crippen molar-refractivity contribution < 1.29 is 19.1 Å². The van der Waals surface area contributed by atoms with Gasteiger partial charge in [0, 0.05) is 24.3 Å². The van der Waals surface area contributed by atoms with Crippen LogP contribution < -0.4 is 16.6 Å². The molecule has 1 aliphatic rings. The Bertz CT molecular complexity index is 970. The largest absolute Gasteiger partial charge is 0.465 e. The fourth-order valence-corrected chi connectivity index (χ4v) is 2.82. The lowest BCUT2D eigenvalue weighted by atomic mass is 10.1. The molecule has 9 nitrogen and oxygen atoms in total. The first-order chi connectivity index (χ1) is 12.8. The first kappa shape index (κ1) is 18.9. The number of H-pyrrole nitrogens is 1. The Morgan fingerprint density at radius 3 is 2.89 bits per heavy atom. The summed E-state index contributed by atoms with van der Waals surface area (Å²) in [6.07, 6.45) is 1.91. The van der Waals surface area contributed by atoms with Crippen LogP contribution in [0.25, 0.3) is 0 Å². The van der Waals surface area contributed by atoms with Gasteiger partial charge in [0.05, 0.1) is 12.6 Å². The topological polar surface area (TPSA) is 127 Å². The summed E-state index contributed by atoms with van der Waals surface area (Å²) in [5.74, 6) is 1.04. The number of nitrogens with zero attached hydrogens (tertiary/aromatic N) is 1. The summed E-state index contributed by atoms with van der Waals surface area (Å²) in [5.41, 5.74) is -0.715. The molecule has 0 aliphatic carbocycles. The Morgan fingerprint density at radius 1 is 1.41 bits per heavy atom. The van der Waals surface area contributed by atoms with Crippen LogP contribution in [0, 0.1) is 13.8 Å². The summed E-state index contributed by atoms with van der Waals surface area (Å²) >= 11 is 0. The van der Waals surface area contributed by atoms with E-state index in [9.17, 15) is 19.5 Å². The third-order valence-corrected chi connectivity index (χ3v) is 4.26. The summed E-state index contributed by atoms with van der Waals surface area (Å²) in [5, 5.41) is 12.8. The highest BCUT2D eigenvalue weighted by Gasteiger charge is 2.34. The molecule has 3 rings (SSSR count). The third kappa shape index (κ3) is 4.44. The molecular weight excluding hydrogens is 354 g/mol. The van der Waals surface area contributed by atoms with Gasteiger partial charge in [-0.1, -0.05) is 0 Å². The minimum Gasteiger partial charge on any atom is -0.465 e. The van der Waals surface area contributed by atoms with E-state index in [1.807, 2.05) is 6.92 Å². The molecule has 0 bridgehead atoms. The molecule has 0 unspecified atom stereocenters. The molecule has 3 atom stereocenters. The second-order valence-electron chi connectivity index (χ2n) is 6.43. The van der Waals surface area contributed by atoms with E-state index in [1.165, 1.54) is 22.9 Å². The van der Waals surface area contributed by atoms with Crippen molar-refractivity contribution in [3.63, 3.8) is 0 Å². The van der Waals surface area contributed by atoms with Crippen molar-refractivity contribution in [3.05, 3.63) is 68.4 Å². The molecule has 3 heterocycles. The molecule has 1 amide bonds. The van der Waals surface area contributed by atoms with Gasteiger partial charge in [0.15, 0.2) is 0 Å². The van der Waals surface area contributed by atoms with E-state index in [0.29, 0.717) is 11.3 Å². The fraction of sp³-hybridized carbons (Fsp3) is 0.389. The molecular formula is C18H21N3O6. The zero-order chi connectivity index (χ0) is 19.6. The quantitative estimate of drug-likeness (QED) is 0.644. The summed E-state index contributed by atoms with van der Waals surface area (Å²) in [6, 6.07) is 3.58. The van der Waals surface area contributed by atoms with Gasteiger partial charge < -0.3 is 19.6 Å². The molecule has 3 N–H and O–H groups in total. The Balaban J connectivity index is 1.60. The molecule has 27 heavy (non-hydrogen) atoms. The minimum absolute atomic E-state index is 0.160. The van der Waals surface area contributed by atoms with E-state index in [0.717, 1.165) is 5.76 Å². The number of amides is 1. The van der Waals surface area contributed by atoms with Crippen molar-refractivity contribution >= 4 is 5.91 Å². The molecule has 1 aliphatic heterocycles. The second-order valence-corrected chi connectivity index (χ2v) is 6.43. The van der Waals surface area contributed by atoms with E-state index < -0.39 is 29.7 Å². The van der Waals surface area contributed by atoms with Crippen LogP contribution in [0.2, 0.25) is 0 Å². The van der Waals surface area contributed by atoms with E-state index in [-0.39, 0.29) is 18.9 Å². The number of ether oxygens (including phenoxy) is 1. The number of carbonyl (C=O) groups excluding carboxylic acids is 1. The number of carbonyl (C=O) groups is 1. The predicted octanol–water partition coefficient (Wildman–Crippen LogP) is 0.267. The van der Waals surface area contributed by atoms with Crippen LogP contribution >= 0.6 is 0 Å². The van der Waals surface area contributed by atoms with E-state index in [4.69, 9.17) is 9.15 Å². The summed E-state index contributed by atoms with van der Waals surface area (Å²) < 4.78 is 12.2. The first-order valence-corrected chi connectivity index (χ1v) is 8.50. The molecule has 2 aromatic rings. The number of aryl methyl sites for hydroxylation is 2. The van der Waals surface area contributed by atoms with Crippen LogP contribution in [0.1, 0.15) is 29.7 Å². The summed E-state index contributed by atoms with van der Waals surface area (Å²) in [7, 11) is 0. The van der Waals surface area contributed by atoms with Crippen LogP contribution in [-0.4, -0.2) is 32.8 Å². The SMILES string of the molecule is Cc1ccc(CNC(=O)/C=C/[C@H]2O[C@@H](n3cc(C)c(=O)[nH]c3=O)C[C@@H]2O)o1. The van der Waals surface area contributed by atoms with Gasteiger partial charge in [0.2, 0.25) is 5.91 Å². The maximum Gasteiger partial charge on any atom is 0.330 e. The van der Waals surface area contributed by atoms with Gasteiger partial charge in [0.1, 0.15) is 23.9 Å². The molecule has 0 radical (unpaired) electrons. The van der Waals surface area contributed by atoms with Crippen LogP contribution in [0.3, 0.4) is 0 Å². The van der Waals surface area contributed by atoms with Gasteiger partial charge in [-0.15, -0.1) is 0 Å². The first-order valence-electron chi connectivity index (χ1n) is 8.50. The highest BCUT2D eigenvalue weighted by Crippen LogP contribution is 2.28. The van der Waals surface area contributed by atoms with Crippen LogP contribution in [-0.2, 0) is 16.1 Å². The van der Waals surface area contributed by atoms with Gasteiger partial charge in [-0.2, -0.15) is 0 Å². The molecule has 1 saturated heterocycles. The van der Waals surface area contributed by atoms with Crippen molar-refractivity contribution in [1.29, 1.82) is 0 Å². The van der Waals surface area contributed by atoms with Gasteiger partial charge in [0.25, 0.3) is 5.56 Å². The zero-order valence-corrected chi connectivity index (χ0v) is 15.0. The summed E-state index contributed by atoms with van der Waals surface area (Å²) in [4.78, 5) is 37.5. The number of rotatable bonds is 5. The van der Waals surface area contributed by atoms with Crippen LogP contribution in [0.5, 0.6) is 0 Å². The zero-order valence-electron chi connectivity index (χ0n) is 15.0. The fourth-order valence-electron chi connectivity index (χ4n) is 2.82. The molecule has 0 saturated carbocycles. The Morgan fingerprint density at radius 2 is 2.19 bits per heavy atom. The number of aromatic amines is 1. The lowest BCUT2D eigenvalue weighted by molar-refractivity contribution is -0.116. The number of furan rings is 1. The smallest absolute Gasteiger partial charge is 0.330 e. The van der Waals surface area contributed by atoms with Crippen molar-refractivity contribution in [2.75, 3.05) is 0 Å². The molecule has 9 heteroatoms. The lowest BCUT2D eigenvalue weighted by Gasteiger charge is -2.14. The Labute approximate surface area is 154 Å². The van der Waals surface area contributed by atoms with Gasteiger partial charge >= 0.3 is 5.69 Å². The number of aromatic nitrogens is 2. The van der Waals surface area contributed by atoms with E-state index in [2.05, 4.69) is 10.3 Å². The van der Waals surface area contributed by atoms with Gasteiger partial charge in [-0.05, 0) is 32.1 Å². The Hall–Kier alpha value is -2.91. The van der Waals surface area contributed by atoms with Crippen molar-refractivity contribution in [2.24, 2.45) is 0 Å². The monoisotopic (exact) mass is 375 g/mol. The van der Waals surface area contributed by atoms with E-state index in [1.54, 1.807) is 19.1 Å². The number of hydrogen-bond acceptors (Lipinski definition) is 6. The molecule has 1 fully saturated rings.